The van der Waals surface area contributed by atoms with E-state index in [1.54, 1.807) is 11.3 Å². The van der Waals surface area contributed by atoms with Crippen molar-refractivity contribution in [1.82, 2.24) is 9.97 Å². The highest BCUT2D eigenvalue weighted by atomic mass is 32.1. The molecular formula is C48H28N2OS. The lowest BCUT2D eigenvalue weighted by molar-refractivity contribution is 0.669. The molecule has 0 unspecified atom stereocenters. The van der Waals surface area contributed by atoms with Crippen LogP contribution in [0.4, 0.5) is 0 Å². The first-order chi connectivity index (χ1) is 25.7. The molecule has 11 aromatic rings. The van der Waals surface area contributed by atoms with E-state index in [9.17, 15) is 0 Å². The molecule has 0 bridgehead atoms. The average molecular weight is 681 g/mol. The minimum Gasteiger partial charge on any atom is -0.456 e. The number of benzene rings is 8. The Kier molecular flexibility index (Phi) is 6.42. The zero-order valence-electron chi connectivity index (χ0n) is 27.9. The van der Waals surface area contributed by atoms with Crippen LogP contribution in [-0.4, -0.2) is 9.97 Å². The summed E-state index contributed by atoms with van der Waals surface area (Å²) in [6.07, 6.45) is 0. The van der Waals surface area contributed by atoms with Gasteiger partial charge in [0.05, 0.1) is 15.9 Å². The van der Waals surface area contributed by atoms with Gasteiger partial charge in [-0.25, -0.2) is 9.97 Å². The molecule has 0 atom stereocenters. The van der Waals surface area contributed by atoms with Crippen LogP contribution in [0, 0.1) is 0 Å². The van der Waals surface area contributed by atoms with Gasteiger partial charge in [-0.3, -0.25) is 0 Å². The highest BCUT2D eigenvalue weighted by Gasteiger charge is 2.20. The Morgan fingerprint density at radius 2 is 1.12 bits per heavy atom. The van der Waals surface area contributed by atoms with Gasteiger partial charge >= 0.3 is 0 Å². The molecule has 0 aliphatic rings. The maximum Gasteiger partial charge on any atom is 0.161 e. The molecule has 11 rings (SSSR count). The molecule has 3 aromatic heterocycles. The number of hydrogen-bond donors (Lipinski definition) is 0. The van der Waals surface area contributed by atoms with E-state index >= 15 is 0 Å². The number of thiophene rings is 1. The molecule has 0 saturated carbocycles. The van der Waals surface area contributed by atoms with Crippen LogP contribution in [0.2, 0.25) is 0 Å². The lowest BCUT2D eigenvalue weighted by atomic mass is 9.95. The van der Waals surface area contributed by atoms with Gasteiger partial charge in [-0.15, -0.1) is 11.3 Å². The largest absolute Gasteiger partial charge is 0.456 e. The molecule has 0 N–H and O–H groups in total. The third kappa shape index (κ3) is 4.58. The molecule has 242 valence electrons. The molecule has 8 aromatic carbocycles. The Morgan fingerprint density at radius 1 is 0.423 bits per heavy atom. The maximum atomic E-state index is 6.48. The molecular weight excluding hydrogens is 653 g/mol. The fraction of sp³-hybridized carbons (Fsp3) is 0. The van der Waals surface area contributed by atoms with Crippen LogP contribution in [0.25, 0.3) is 109 Å². The molecule has 0 aliphatic carbocycles. The van der Waals surface area contributed by atoms with Gasteiger partial charge in [0.15, 0.2) is 5.82 Å². The summed E-state index contributed by atoms with van der Waals surface area (Å²) in [5.74, 6) is 0.692. The predicted molar refractivity (Wildman–Crippen MR) is 219 cm³/mol. The highest BCUT2D eigenvalue weighted by Crippen LogP contribution is 2.43. The number of rotatable bonds is 4. The van der Waals surface area contributed by atoms with Crippen LogP contribution < -0.4 is 0 Å². The fourth-order valence-electron chi connectivity index (χ4n) is 7.76. The summed E-state index contributed by atoms with van der Waals surface area (Å²) in [5, 5.41) is 8.12. The van der Waals surface area contributed by atoms with E-state index in [-0.39, 0.29) is 0 Å². The van der Waals surface area contributed by atoms with Crippen molar-refractivity contribution in [1.29, 1.82) is 0 Å². The van der Waals surface area contributed by atoms with Gasteiger partial charge in [0.2, 0.25) is 0 Å². The third-order valence-electron chi connectivity index (χ3n) is 10.3. The van der Waals surface area contributed by atoms with E-state index in [0.29, 0.717) is 5.82 Å². The molecule has 3 heterocycles. The second-order valence-corrected chi connectivity index (χ2v) is 14.4. The summed E-state index contributed by atoms with van der Waals surface area (Å²) in [4.78, 5) is 10.7. The maximum absolute atomic E-state index is 6.48. The van der Waals surface area contributed by atoms with Crippen molar-refractivity contribution in [3.63, 3.8) is 0 Å². The van der Waals surface area contributed by atoms with Gasteiger partial charge in [0.25, 0.3) is 0 Å². The number of hydrogen-bond acceptors (Lipinski definition) is 4. The standard InChI is InChI=1S/C48H28N2OS/c1-2-11-33-27-35(24-21-29(33)9-1)45-47-46(38-14-5-6-18-43(38)52-47)50-48(49-45)39-16-8-17-42-44(39)40-28-34(25-26-41(40)51-42)30-19-22-32(23-20-30)37-15-7-12-31-10-3-4-13-36(31)37/h1-28H. The van der Waals surface area contributed by atoms with E-state index in [4.69, 9.17) is 14.4 Å². The van der Waals surface area contributed by atoms with Crippen molar-refractivity contribution in [2.24, 2.45) is 0 Å². The Balaban J connectivity index is 1.08. The molecule has 0 amide bonds. The molecule has 0 saturated heterocycles. The van der Waals surface area contributed by atoms with Crippen LogP contribution in [-0.2, 0) is 0 Å². The number of nitrogens with zero attached hydrogens (tertiary/aromatic N) is 2. The SMILES string of the molecule is c1ccc2cc(-c3nc(-c4cccc5oc6ccc(-c7ccc(-c8cccc9ccccc89)cc7)cc6c45)nc4c3sc3ccccc34)ccc2c1. The number of furan rings is 1. The van der Waals surface area contributed by atoms with Crippen LogP contribution in [0.5, 0.6) is 0 Å². The molecule has 0 fully saturated rings. The molecule has 52 heavy (non-hydrogen) atoms. The predicted octanol–water partition coefficient (Wildman–Crippen LogP) is 13.7. The fourth-order valence-corrected chi connectivity index (χ4v) is 8.91. The lowest BCUT2D eigenvalue weighted by Gasteiger charge is -2.10. The van der Waals surface area contributed by atoms with Crippen molar-refractivity contribution < 1.29 is 4.42 Å². The first kappa shape index (κ1) is 29.1. The summed E-state index contributed by atoms with van der Waals surface area (Å²) in [6, 6.07) is 60.3. The number of fused-ring (bicyclic) bond motifs is 8. The van der Waals surface area contributed by atoms with E-state index in [2.05, 4.69) is 158 Å². The lowest BCUT2D eigenvalue weighted by Crippen LogP contribution is -1.94. The summed E-state index contributed by atoms with van der Waals surface area (Å²) in [7, 11) is 0. The first-order valence-corrected chi connectivity index (χ1v) is 18.3. The van der Waals surface area contributed by atoms with Crippen LogP contribution in [0.1, 0.15) is 0 Å². The Bertz CT molecular complexity index is 3180. The van der Waals surface area contributed by atoms with E-state index in [1.807, 2.05) is 12.1 Å². The number of aromatic nitrogens is 2. The van der Waals surface area contributed by atoms with Crippen molar-refractivity contribution in [3.05, 3.63) is 170 Å². The Labute approximate surface area is 303 Å². The monoisotopic (exact) mass is 680 g/mol. The van der Waals surface area contributed by atoms with Crippen molar-refractivity contribution in [2.45, 2.75) is 0 Å². The summed E-state index contributed by atoms with van der Waals surface area (Å²) >= 11 is 1.76. The quantitative estimate of drug-likeness (QED) is 0.186. The van der Waals surface area contributed by atoms with Gasteiger partial charge in [-0.2, -0.15) is 0 Å². The van der Waals surface area contributed by atoms with E-state index < -0.39 is 0 Å². The molecule has 4 heteroatoms. The normalized spacial score (nSPS) is 11.8. The van der Waals surface area contributed by atoms with Crippen LogP contribution >= 0.6 is 11.3 Å². The van der Waals surface area contributed by atoms with Crippen molar-refractivity contribution >= 4 is 75.1 Å². The molecule has 0 aliphatic heterocycles. The zero-order chi connectivity index (χ0) is 34.2. The Hall–Kier alpha value is -6.62. The molecule has 0 spiro atoms. The summed E-state index contributed by atoms with van der Waals surface area (Å²) < 4.78 is 8.77. The second kappa shape index (κ2) is 11.5. The van der Waals surface area contributed by atoms with Crippen molar-refractivity contribution in [2.75, 3.05) is 0 Å². The first-order valence-electron chi connectivity index (χ1n) is 17.5. The van der Waals surface area contributed by atoms with Crippen molar-refractivity contribution in [3.8, 4) is 44.9 Å². The smallest absolute Gasteiger partial charge is 0.161 e. The van der Waals surface area contributed by atoms with Crippen LogP contribution in [0.15, 0.2) is 174 Å². The van der Waals surface area contributed by atoms with E-state index in [1.165, 1.54) is 37.4 Å². The zero-order valence-corrected chi connectivity index (χ0v) is 28.7. The van der Waals surface area contributed by atoms with Gasteiger partial charge in [-0.1, -0.05) is 140 Å². The summed E-state index contributed by atoms with van der Waals surface area (Å²) in [6.45, 7) is 0. The van der Waals surface area contributed by atoms with Gasteiger partial charge in [0, 0.05) is 32.0 Å². The minimum atomic E-state index is 0.692. The topological polar surface area (TPSA) is 38.9 Å². The van der Waals surface area contributed by atoms with Gasteiger partial charge in [-0.05, 0) is 74.1 Å². The third-order valence-corrected chi connectivity index (χ3v) is 11.5. The Morgan fingerprint density at radius 3 is 2.02 bits per heavy atom. The molecule has 0 radical (unpaired) electrons. The average Bonchev–Trinajstić information content (AvgIpc) is 3.78. The minimum absolute atomic E-state index is 0.692. The van der Waals surface area contributed by atoms with Gasteiger partial charge in [0.1, 0.15) is 11.2 Å². The highest BCUT2D eigenvalue weighted by molar-refractivity contribution is 7.26. The molecule has 3 nitrogen and oxygen atoms in total. The van der Waals surface area contributed by atoms with Crippen LogP contribution in [0.3, 0.4) is 0 Å². The van der Waals surface area contributed by atoms with E-state index in [0.717, 1.165) is 65.5 Å². The summed E-state index contributed by atoms with van der Waals surface area (Å²) in [5.41, 5.74) is 10.4. The second-order valence-electron chi connectivity index (χ2n) is 13.3. The van der Waals surface area contributed by atoms with Gasteiger partial charge < -0.3 is 4.42 Å².